The highest BCUT2D eigenvalue weighted by atomic mass is 16.3. The first-order valence-corrected chi connectivity index (χ1v) is 8.70. The zero-order valence-electron chi connectivity index (χ0n) is 15.8. The van der Waals surface area contributed by atoms with E-state index in [0.717, 1.165) is 6.42 Å². The van der Waals surface area contributed by atoms with Crippen molar-refractivity contribution in [3.05, 3.63) is 57.7 Å². The molecule has 0 heterocycles. The number of fused-ring (bicyclic) bond motifs is 2. The Morgan fingerprint density at radius 1 is 1.13 bits per heavy atom. The van der Waals surface area contributed by atoms with Crippen molar-refractivity contribution in [1.82, 2.24) is 0 Å². The number of aliphatic hydroxyl groups is 1. The van der Waals surface area contributed by atoms with E-state index in [9.17, 15) is 5.11 Å². The van der Waals surface area contributed by atoms with Gasteiger partial charge in [-0.1, -0.05) is 59.1 Å². The molecule has 0 aromatic rings. The molecule has 2 bridgehead atoms. The van der Waals surface area contributed by atoms with Crippen LogP contribution in [0.4, 0.5) is 0 Å². The van der Waals surface area contributed by atoms with Gasteiger partial charge in [-0.05, 0) is 53.5 Å². The minimum Gasteiger partial charge on any atom is -0.396 e. The van der Waals surface area contributed by atoms with Crippen molar-refractivity contribution in [2.24, 2.45) is 17.3 Å². The van der Waals surface area contributed by atoms with Crippen LogP contribution < -0.4 is 0 Å². The molecule has 0 aliphatic heterocycles. The Hall–Kier alpha value is -1.34. The van der Waals surface area contributed by atoms with E-state index in [1.807, 2.05) is 0 Å². The summed E-state index contributed by atoms with van der Waals surface area (Å²) in [5.74, 6) is 1.13. The summed E-state index contributed by atoms with van der Waals surface area (Å²) in [4.78, 5) is 0. The van der Waals surface area contributed by atoms with Gasteiger partial charge in [0.1, 0.15) is 0 Å². The third-order valence-corrected chi connectivity index (χ3v) is 5.54. The maximum absolute atomic E-state index is 9.48. The lowest BCUT2D eigenvalue weighted by molar-refractivity contribution is 0.119. The molecule has 1 heteroatoms. The standard InChI is InChI=1S/C13H20O.C9H12/c1-8(2)12-10-6-13(4,7-14)11(12)5-9(10)3;1-7(2)9-5-4-8(3)6-9/h5,10-11,14H,6-7H2,1-4H3;4-6H,1-3H3. The highest BCUT2D eigenvalue weighted by molar-refractivity contribution is 5.46. The SMILES string of the molecule is CC1=CC(=C(C)C)C=C1.CC1=CC2C(=C(C)C)C1CC2(C)CO. The second-order valence-corrected chi connectivity index (χ2v) is 8.09. The van der Waals surface area contributed by atoms with Crippen LogP contribution in [-0.2, 0) is 0 Å². The van der Waals surface area contributed by atoms with Gasteiger partial charge in [0.25, 0.3) is 0 Å². The maximum Gasteiger partial charge on any atom is 0.0493 e. The minimum atomic E-state index is 0.108. The number of hydrogen-bond donors (Lipinski definition) is 1. The first-order chi connectivity index (χ1) is 10.7. The fraction of sp³-hybridized carbons (Fsp3) is 0.545. The van der Waals surface area contributed by atoms with Crippen molar-refractivity contribution in [3.8, 4) is 0 Å². The van der Waals surface area contributed by atoms with E-state index in [1.54, 1.807) is 5.57 Å². The van der Waals surface area contributed by atoms with E-state index in [4.69, 9.17) is 0 Å². The Labute approximate surface area is 142 Å². The summed E-state index contributed by atoms with van der Waals surface area (Å²) in [5.41, 5.74) is 8.76. The van der Waals surface area contributed by atoms with Crippen molar-refractivity contribution >= 4 is 0 Å². The van der Waals surface area contributed by atoms with Crippen LogP contribution >= 0.6 is 0 Å². The fourth-order valence-electron chi connectivity index (χ4n) is 4.07. The Morgan fingerprint density at radius 3 is 2.13 bits per heavy atom. The molecule has 1 fully saturated rings. The number of allylic oxidation sites excluding steroid dienone is 10. The Morgan fingerprint density at radius 2 is 1.78 bits per heavy atom. The summed E-state index contributed by atoms with van der Waals surface area (Å²) in [5, 5.41) is 9.48. The van der Waals surface area contributed by atoms with Crippen molar-refractivity contribution in [2.75, 3.05) is 6.61 Å². The molecule has 3 unspecified atom stereocenters. The summed E-state index contributed by atoms with van der Waals surface area (Å²) in [6, 6.07) is 0. The Balaban J connectivity index is 0.000000185. The van der Waals surface area contributed by atoms with Crippen LogP contribution in [0.2, 0.25) is 0 Å². The molecule has 0 aromatic carbocycles. The van der Waals surface area contributed by atoms with Crippen molar-refractivity contribution in [2.45, 2.75) is 54.9 Å². The van der Waals surface area contributed by atoms with Crippen LogP contribution in [0.5, 0.6) is 0 Å². The lowest BCUT2D eigenvalue weighted by Crippen LogP contribution is -2.27. The van der Waals surface area contributed by atoms with E-state index < -0.39 is 0 Å². The van der Waals surface area contributed by atoms with Gasteiger partial charge in [-0.15, -0.1) is 0 Å². The van der Waals surface area contributed by atoms with E-state index in [1.165, 1.54) is 27.9 Å². The molecule has 1 saturated carbocycles. The summed E-state index contributed by atoms with van der Waals surface area (Å²) in [6.07, 6.45) is 10.0. The largest absolute Gasteiger partial charge is 0.396 e. The molecular formula is C22H32O. The molecule has 0 amide bonds. The topological polar surface area (TPSA) is 20.2 Å². The molecule has 3 aliphatic rings. The first-order valence-electron chi connectivity index (χ1n) is 8.70. The van der Waals surface area contributed by atoms with Crippen LogP contribution in [-0.4, -0.2) is 11.7 Å². The van der Waals surface area contributed by atoms with Gasteiger partial charge in [-0.25, -0.2) is 0 Å². The van der Waals surface area contributed by atoms with Crippen LogP contribution in [0.25, 0.3) is 0 Å². The molecule has 3 rings (SSSR count). The normalized spacial score (nSPS) is 31.0. The number of rotatable bonds is 1. The van der Waals surface area contributed by atoms with Crippen LogP contribution in [0.1, 0.15) is 54.9 Å². The Bertz CT molecular complexity index is 631. The predicted octanol–water partition coefficient (Wildman–Crippen LogP) is 5.76. The lowest BCUT2D eigenvalue weighted by Gasteiger charge is -2.29. The predicted molar refractivity (Wildman–Crippen MR) is 100 cm³/mol. The van der Waals surface area contributed by atoms with E-state index >= 15 is 0 Å². The zero-order valence-corrected chi connectivity index (χ0v) is 15.8. The van der Waals surface area contributed by atoms with E-state index in [2.05, 4.69) is 72.8 Å². The van der Waals surface area contributed by atoms with Crippen LogP contribution in [0, 0.1) is 17.3 Å². The van der Waals surface area contributed by atoms with Gasteiger partial charge in [0, 0.05) is 23.9 Å². The second kappa shape index (κ2) is 6.65. The Kier molecular flexibility index (Phi) is 5.20. The quantitative estimate of drug-likeness (QED) is 0.611. The van der Waals surface area contributed by atoms with Crippen LogP contribution in [0.15, 0.2) is 57.7 Å². The first kappa shape index (κ1) is 18.0. The average Bonchev–Trinajstić information content (AvgIpc) is 3.11. The number of aliphatic hydroxyl groups excluding tert-OH is 1. The molecule has 23 heavy (non-hydrogen) atoms. The number of hydrogen-bond acceptors (Lipinski definition) is 1. The molecular weight excluding hydrogens is 280 g/mol. The molecule has 0 saturated heterocycles. The monoisotopic (exact) mass is 312 g/mol. The van der Waals surface area contributed by atoms with Gasteiger partial charge in [0.2, 0.25) is 0 Å². The van der Waals surface area contributed by atoms with Gasteiger partial charge in [-0.3, -0.25) is 0 Å². The summed E-state index contributed by atoms with van der Waals surface area (Å²) < 4.78 is 0. The van der Waals surface area contributed by atoms with Crippen molar-refractivity contribution in [1.29, 1.82) is 0 Å². The van der Waals surface area contributed by atoms with E-state index in [-0.39, 0.29) is 5.41 Å². The van der Waals surface area contributed by atoms with Gasteiger partial charge in [-0.2, -0.15) is 0 Å². The van der Waals surface area contributed by atoms with Gasteiger partial charge in [0.05, 0.1) is 0 Å². The molecule has 126 valence electrons. The zero-order chi connectivity index (χ0) is 17.4. The third kappa shape index (κ3) is 3.45. The molecule has 0 aromatic heterocycles. The highest BCUT2D eigenvalue weighted by Crippen LogP contribution is 2.58. The summed E-state index contributed by atoms with van der Waals surface area (Å²) in [7, 11) is 0. The molecule has 0 spiro atoms. The molecule has 3 atom stereocenters. The summed E-state index contributed by atoms with van der Waals surface area (Å²) >= 11 is 0. The van der Waals surface area contributed by atoms with Gasteiger partial charge in [0.15, 0.2) is 0 Å². The van der Waals surface area contributed by atoms with Gasteiger partial charge >= 0.3 is 0 Å². The molecule has 1 nitrogen and oxygen atoms in total. The van der Waals surface area contributed by atoms with Crippen molar-refractivity contribution in [3.63, 3.8) is 0 Å². The minimum absolute atomic E-state index is 0.108. The fourth-order valence-corrected chi connectivity index (χ4v) is 4.07. The highest BCUT2D eigenvalue weighted by Gasteiger charge is 2.50. The molecule has 3 aliphatic carbocycles. The second-order valence-electron chi connectivity index (χ2n) is 8.09. The average molecular weight is 312 g/mol. The van der Waals surface area contributed by atoms with Gasteiger partial charge < -0.3 is 5.11 Å². The lowest BCUT2D eigenvalue weighted by atomic mass is 9.76. The maximum atomic E-state index is 9.48. The van der Waals surface area contributed by atoms with Crippen LogP contribution in [0.3, 0.4) is 0 Å². The molecule has 1 N–H and O–H groups in total. The summed E-state index contributed by atoms with van der Waals surface area (Å²) in [6.45, 7) is 15.5. The smallest absolute Gasteiger partial charge is 0.0493 e. The van der Waals surface area contributed by atoms with Crippen molar-refractivity contribution < 1.29 is 5.11 Å². The third-order valence-electron chi connectivity index (χ3n) is 5.54. The van der Waals surface area contributed by atoms with E-state index in [0.29, 0.717) is 18.4 Å². The molecule has 0 radical (unpaired) electrons.